The van der Waals surface area contributed by atoms with E-state index in [0.717, 1.165) is 12.8 Å². The van der Waals surface area contributed by atoms with Gasteiger partial charge in [-0.1, -0.05) is 43.8 Å². The highest BCUT2D eigenvalue weighted by molar-refractivity contribution is 8.14. The van der Waals surface area contributed by atoms with E-state index in [1.807, 2.05) is 26.0 Å². The van der Waals surface area contributed by atoms with Gasteiger partial charge in [0.15, 0.2) is 6.10 Å². The van der Waals surface area contributed by atoms with Crippen molar-refractivity contribution in [3.8, 4) is 0 Å². The summed E-state index contributed by atoms with van der Waals surface area (Å²) in [5, 5.41) is 0.111. The molecule has 0 fully saturated rings. The second-order valence-corrected chi connectivity index (χ2v) is 5.84. The fraction of sp³-hybridized carbons (Fsp3) is 0.467. The molecule has 0 saturated heterocycles. The summed E-state index contributed by atoms with van der Waals surface area (Å²) in [4.78, 5) is 24.1. The minimum Gasteiger partial charge on any atom is -0.481 e. The van der Waals surface area contributed by atoms with Crippen molar-refractivity contribution in [2.75, 3.05) is 0 Å². The van der Waals surface area contributed by atoms with Gasteiger partial charge in [-0.3, -0.25) is 9.59 Å². The zero-order valence-corrected chi connectivity index (χ0v) is 12.0. The van der Waals surface area contributed by atoms with Crippen molar-refractivity contribution in [2.24, 2.45) is 0 Å². The fourth-order valence-corrected chi connectivity index (χ4v) is 3.14. The number of carbonyl (C=O) groups is 2. The molecule has 2 aliphatic heterocycles. The molecule has 0 aromatic carbocycles. The zero-order chi connectivity index (χ0) is 13.8. The number of Topliss-reactive ketones (excluding diaryl/α,β-unsaturated/α-hetero) is 1. The lowest BCUT2D eigenvalue weighted by Crippen LogP contribution is -2.20. The van der Waals surface area contributed by atoms with E-state index in [-0.39, 0.29) is 21.7 Å². The summed E-state index contributed by atoms with van der Waals surface area (Å²) in [6.45, 7) is 4.09. The van der Waals surface area contributed by atoms with Crippen LogP contribution in [0.5, 0.6) is 0 Å². The highest BCUT2D eigenvalue weighted by atomic mass is 32.2. The van der Waals surface area contributed by atoms with Gasteiger partial charge in [0.25, 0.3) is 0 Å². The van der Waals surface area contributed by atoms with Crippen LogP contribution in [-0.2, 0) is 14.3 Å². The van der Waals surface area contributed by atoms with Crippen molar-refractivity contribution in [2.45, 2.75) is 44.5 Å². The van der Waals surface area contributed by atoms with E-state index in [4.69, 9.17) is 4.74 Å². The third-order valence-electron chi connectivity index (χ3n) is 3.17. The molecule has 2 atom stereocenters. The lowest BCUT2D eigenvalue weighted by molar-refractivity contribution is -0.120. The van der Waals surface area contributed by atoms with Crippen LogP contribution in [0.3, 0.4) is 0 Å². The number of carbonyl (C=O) groups excluding carboxylic acids is 2. The number of hydrogen-bond acceptors (Lipinski definition) is 4. The van der Waals surface area contributed by atoms with E-state index in [2.05, 4.69) is 0 Å². The van der Waals surface area contributed by atoms with Crippen LogP contribution in [0.15, 0.2) is 35.6 Å². The quantitative estimate of drug-likeness (QED) is 0.585. The average Bonchev–Trinajstić information content (AvgIpc) is 2.72. The molecule has 19 heavy (non-hydrogen) atoms. The molecule has 102 valence electrons. The zero-order valence-electron chi connectivity index (χ0n) is 11.2. The van der Waals surface area contributed by atoms with Crippen LogP contribution >= 0.6 is 11.8 Å². The average molecular weight is 278 g/mol. The second-order valence-electron chi connectivity index (χ2n) is 4.56. The number of rotatable bonds is 4. The number of thioether (sulfide) groups is 1. The van der Waals surface area contributed by atoms with Gasteiger partial charge < -0.3 is 4.74 Å². The first-order valence-corrected chi connectivity index (χ1v) is 7.53. The Balaban J connectivity index is 2.09. The van der Waals surface area contributed by atoms with Crippen molar-refractivity contribution in [3.63, 3.8) is 0 Å². The Morgan fingerprint density at radius 2 is 2.11 bits per heavy atom. The van der Waals surface area contributed by atoms with Crippen LogP contribution in [0.2, 0.25) is 0 Å². The summed E-state index contributed by atoms with van der Waals surface area (Å²) in [7, 11) is 0. The summed E-state index contributed by atoms with van der Waals surface area (Å²) >= 11 is 1.26. The minimum atomic E-state index is -0.619. The minimum absolute atomic E-state index is 0.127. The van der Waals surface area contributed by atoms with Crippen LogP contribution < -0.4 is 0 Å². The Kier molecular flexibility index (Phi) is 4.64. The van der Waals surface area contributed by atoms with Crippen LogP contribution in [-0.4, -0.2) is 22.3 Å². The maximum Gasteiger partial charge on any atom is 0.226 e. The van der Waals surface area contributed by atoms with Gasteiger partial charge in [-0.15, -0.1) is 0 Å². The number of allylic oxidation sites excluding steroid dienone is 4. The predicted octanol–water partition coefficient (Wildman–Crippen LogP) is 3.17. The largest absolute Gasteiger partial charge is 0.481 e. The van der Waals surface area contributed by atoms with Crippen molar-refractivity contribution in [1.82, 2.24) is 0 Å². The van der Waals surface area contributed by atoms with Crippen molar-refractivity contribution < 1.29 is 14.3 Å². The molecular formula is C15H18O3S. The Bertz CT molecular complexity index is 474. The van der Waals surface area contributed by atoms with Crippen LogP contribution in [0.4, 0.5) is 0 Å². The molecule has 0 spiro atoms. The van der Waals surface area contributed by atoms with Crippen LogP contribution in [0.25, 0.3) is 0 Å². The summed E-state index contributed by atoms with van der Waals surface area (Å²) in [5.41, 5.74) is 0.281. The van der Waals surface area contributed by atoms with E-state index >= 15 is 0 Å². The van der Waals surface area contributed by atoms with Gasteiger partial charge >= 0.3 is 0 Å². The lowest BCUT2D eigenvalue weighted by atomic mass is 10.1. The Morgan fingerprint density at radius 1 is 1.32 bits per heavy atom. The van der Waals surface area contributed by atoms with E-state index in [0.29, 0.717) is 12.2 Å². The normalized spacial score (nSPS) is 27.5. The maximum atomic E-state index is 12.1. The molecule has 0 radical (unpaired) electrons. The van der Waals surface area contributed by atoms with Crippen LogP contribution in [0.1, 0.15) is 33.1 Å². The van der Waals surface area contributed by atoms with Crippen molar-refractivity contribution in [1.29, 1.82) is 0 Å². The SMILES string of the molecule is CC/C=C/C=C/C1OC2=C(C(=O)SC(CC)C2)C1=O. The lowest BCUT2D eigenvalue weighted by Gasteiger charge is -2.18. The molecule has 2 rings (SSSR count). The molecule has 2 heterocycles. The van der Waals surface area contributed by atoms with Gasteiger partial charge in [0.05, 0.1) is 0 Å². The number of hydrogen-bond donors (Lipinski definition) is 0. The third kappa shape index (κ3) is 3.00. The summed E-state index contributed by atoms with van der Waals surface area (Å²) in [6, 6.07) is 0. The van der Waals surface area contributed by atoms with Crippen molar-refractivity contribution >= 4 is 22.7 Å². The molecule has 0 aliphatic carbocycles. The first-order valence-electron chi connectivity index (χ1n) is 6.65. The first kappa shape index (κ1) is 14.1. The van der Waals surface area contributed by atoms with Gasteiger partial charge in [0.1, 0.15) is 11.3 Å². The molecule has 0 aromatic heterocycles. The van der Waals surface area contributed by atoms with E-state index < -0.39 is 6.10 Å². The Labute approximate surface area is 117 Å². The van der Waals surface area contributed by atoms with Gasteiger partial charge in [-0.05, 0) is 18.9 Å². The monoisotopic (exact) mass is 278 g/mol. The molecule has 2 aliphatic rings. The first-order chi connectivity index (χ1) is 9.17. The highest BCUT2D eigenvalue weighted by Gasteiger charge is 2.41. The summed E-state index contributed by atoms with van der Waals surface area (Å²) in [6.07, 6.45) is 9.33. The molecule has 0 aromatic rings. The van der Waals surface area contributed by atoms with Crippen molar-refractivity contribution in [3.05, 3.63) is 35.6 Å². The van der Waals surface area contributed by atoms with E-state index in [9.17, 15) is 9.59 Å². The summed E-state index contributed by atoms with van der Waals surface area (Å²) < 4.78 is 5.64. The standard InChI is InChI=1S/C15H18O3S/c1-3-5-6-7-8-11-14(16)13-12(18-11)9-10(4-2)19-15(13)17/h5-8,10-11H,3-4,9H2,1-2H3/b6-5+,8-7+. The van der Waals surface area contributed by atoms with E-state index in [1.165, 1.54) is 11.8 Å². The van der Waals surface area contributed by atoms with Gasteiger partial charge in [0.2, 0.25) is 10.9 Å². The number of ketones is 1. The molecular weight excluding hydrogens is 260 g/mol. The third-order valence-corrected chi connectivity index (χ3v) is 4.42. The fourth-order valence-electron chi connectivity index (χ4n) is 2.10. The van der Waals surface area contributed by atoms with Gasteiger partial charge in [0, 0.05) is 11.7 Å². The molecule has 0 bridgehead atoms. The van der Waals surface area contributed by atoms with Gasteiger partial charge in [-0.25, -0.2) is 0 Å². The molecule has 2 unspecified atom stereocenters. The smallest absolute Gasteiger partial charge is 0.226 e. The summed E-state index contributed by atoms with van der Waals surface area (Å²) in [5.74, 6) is 0.401. The predicted molar refractivity (Wildman–Crippen MR) is 76.8 cm³/mol. The van der Waals surface area contributed by atoms with E-state index in [1.54, 1.807) is 12.2 Å². The Hall–Kier alpha value is -1.29. The maximum absolute atomic E-state index is 12.1. The second kappa shape index (κ2) is 6.24. The Morgan fingerprint density at radius 3 is 2.79 bits per heavy atom. The molecule has 0 amide bonds. The molecule has 0 N–H and O–H groups in total. The topological polar surface area (TPSA) is 43.4 Å². The highest BCUT2D eigenvalue weighted by Crippen LogP contribution is 2.39. The molecule has 4 heteroatoms. The molecule has 3 nitrogen and oxygen atoms in total. The molecule has 0 saturated carbocycles. The number of ether oxygens (including phenoxy) is 1. The van der Waals surface area contributed by atoms with Gasteiger partial charge in [-0.2, -0.15) is 0 Å². The van der Waals surface area contributed by atoms with Crippen LogP contribution in [0, 0.1) is 0 Å².